The largest absolute Gasteiger partial charge is 0.334 e. The molecule has 5 heteroatoms. The second-order valence-electron chi connectivity index (χ2n) is 6.01. The Kier molecular flexibility index (Phi) is 5.56. The molecule has 1 heterocycles. The second kappa shape index (κ2) is 7.41. The van der Waals surface area contributed by atoms with Gasteiger partial charge in [-0.05, 0) is 56.5 Å². The van der Waals surface area contributed by atoms with Crippen molar-refractivity contribution in [3.05, 3.63) is 30.1 Å². The van der Waals surface area contributed by atoms with Gasteiger partial charge in [0.05, 0.1) is 0 Å². The minimum atomic E-state index is -0.312. The molecule has 1 aromatic carbocycles. The van der Waals surface area contributed by atoms with Crippen LogP contribution in [0.25, 0.3) is 0 Å². The molecule has 21 heavy (non-hydrogen) atoms. The maximum atomic E-state index is 12.8. The molecule has 4 nitrogen and oxygen atoms in total. The number of rotatable bonds is 4. The van der Waals surface area contributed by atoms with Crippen LogP contribution in [-0.4, -0.2) is 36.6 Å². The molecule has 2 atom stereocenters. The van der Waals surface area contributed by atoms with Crippen molar-refractivity contribution in [2.75, 3.05) is 25.0 Å². The van der Waals surface area contributed by atoms with Crippen molar-refractivity contribution in [3.63, 3.8) is 0 Å². The van der Waals surface area contributed by atoms with Crippen LogP contribution in [0.1, 0.15) is 26.7 Å². The molecule has 1 aliphatic rings. The number of amides is 2. The van der Waals surface area contributed by atoms with Crippen LogP contribution >= 0.6 is 0 Å². The average Bonchev–Trinajstić information content (AvgIpc) is 2.41. The van der Waals surface area contributed by atoms with Gasteiger partial charge in [-0.2, -0.15) is 0 Å². The second-order valence-corrected chi connectivity index (χ2v) is 6.01. The molecule has 0 saturated carbocycles. The number of piperidine rings is 1. The topological polar surface area (TPSA) is 44.4 Å². The van der Waals surface area contributed by atoms with Crippen LogP contribution in [0.15, 0.2) is 24.3 Å². The van der Waals surface area contributed by atoms with Crippen LogP contribution in [0, 0.1) is 11.7 Å². The average molecular weight is 293 g/mol. The lowest BCUT2D eigenvalue weighted by Crippen LogP contribution is -2.46. The summed E-state index contributed by atoms with van der Waals surface area (Å²) >= 11 is 0. The first-order chi connectivity index (χ1) is 10.0. The van der Waals surface area contributed by atoms with Gasteiger partial charge in [0, 0.05) is 24.8 Å². The molecule has 0 radical (unpaired) electrons. The van der Waals surface area contributed by atoms with Gasteiger partial charge in [-0.25, -0.2) is 9.18 Å². The maximum absolute atomic E-state index is 12.8. The lowest BCUT2D eigenvalue weighted by Gasteiger charge is -2.32. The molecule has 1 aliphatic heterocycles. The van der Waals surface area contributed by atoms with Gasteiger partial charge in [0.25, 0.3) is 0 Å². The van der Waals surface area contributed by atoms with Gasteiger partial charge in [-0.15, -0.1) is 0 Å². The number of nitrogens with one attached hydrogen (secondary N) is 2. The van der Waals surface area contributed by atoms with E-state index in [1.165, 1.54) is 25.0 Å². The Balaban J connectivity index is 1.75. The van der Waals surface area contributed by atoms with Crippen molar-refractivity contribution in [2.24, 2.45) is 5.92 Å². The van der Waals surface area contributed by atoms with Crippen LogP contribution in [-0.2, 0) is 0 Å². The standard InChI is InChI=1S/C16H24FN3O/c1-12-4-3-9-20(10-12)11-13(2)18-16(21)19-15-7-5-14(17)6-8-15/h5-8,12-13H,3-4,9-11H2,1-2H3,(H2,18,19,21). The molecule has 2 unspecified atom stereocenters. The van der Waals surface area contributed by atoms with E-state index >= 15 is 0 Å². The summed E-state index contributed by atoms with van der Waals surface area (Å²) in [7, 11) is 0. The highest BCUT2D eigenvalue weighted by Crippen LogP contribution is 2.15. The minimum absolute atomic E-state index is 0.0794. The summed E-state index contributed by atoms with van der Waals surface area (Å²) < 4.78 is 12.8. The van der Waals surface area contributed by atoms with Crippen LogP contribution in [0.5, 0.6) is 0 Å². The molecular weight excluding hydrogens is 269 g/mol. The van der Waals surface area contributed by atoms with Gasteiger partial charge >= 0.3 is 6.03 Å². The molecule has 2 rings (SSSR count). The molecule has 0 aliphatic carbocycles. The van der Waals surface area contributed by atoms with Crippen molar-refractivity contribution >= 4 is 11.7 Å². The maximum Gasteiger partial charge on any atom is 0.319 e. The lowest BCUT2D eigenvalue weighted by atomic mass is 10.00. The van der Waals surface area contributed by atoms with E-state index in [9.17, 15) is 9.18 Å². The smallest absolute Gasteiger partial charge is 0.319 e. The molecule has 1 aromatic rings. The Morgan fingerprint density at radius 3 is 2.81 bits per heavy atom. The van der Waals surface area contributed by atoms with E-state index < -0.39 is 0 Å². The predicted octanol–water partition coefficient (Wildman–Crippen LogP) is 3.07. The van der Waals surface area contributed by atoms with Gasteiger partial charge < -0.3 is 15.5 Å². The van der Waals surface area contributed by atoms with Gasteiger partial charge in [-0.3, -0.25) is 0 Å². The number of urea groups is 1. The van der Waals surface area contributed by atoms with Gasteiger partial charge in [0.2, 0.25) is 0 Å². The number of carbonyl (C=O) groups excluding carboxylic acids is 1. The predicted molar refractivity (Wildman–Crippen MR) is 82.9 cm³/mol. The summed E-state index contributed by atoms with van der Waals surface area (Å²) in [5.74, 6) is 0.424. The zero-order valence-corrected chi connectivity index (χ0v) is 12.7. The number of carbonyl (C=O) groups is 1. The fourth-order valence-corrected chi connectivity index (χ4v) is 2.81. The number of hydrogen-bond donors (Lipinski definition) is 2. The number of nitrogens with zero attached hydrogens (tertiary/aromatic N) is 1. The monoisotopic (exact) mass is 293 g/mol. The van der Waals surface area contributed by atoms with E-state index in [-0.39, 0.29) is 17.9 Å². The lowest BCUT2D eigenvalue weighted by molar-refractivity contribution is 0.170. The van der Waals surface area contributed by atoms with E-state index in [1.54, 1.807) is 12.1 Å². The highest BCUT2D eigenvalue weighted by molar-refractivity contribution is 5.89. The first-order valence-electron chi connectivity index (χ1n) is 7.58. The SMILES string of the molecule is CC1CCCN(CC(C)NC(=O)Nc2ccc(F)cc2)C1. The number of hydrogen-bond acceptors (Lipinski definition) is 2. The third kappa shape index (κ3) is 5.34. The normalized spacial score (nSPS) is 20.8. The third-order valence-corrected chi connectivity index (χ3v) is 3.75. The number of benzene rings is 1. The van der Waals surface area contributed by atoms with Gasteiger partial charge in [0.1, 0.15) is 5.82 Å². The van der Waals surface area contributed by atoms with Crippen molar-refractivity contribution in [1.29, 1.82) is 0 Å². The first-order valence-corrected chi connectivity index (χ1v) is 7.58. The van der Waals surface area contributed by atoms with Crippen molar-refractivity contribution in [2.45, 2.75) is 32.7 Å². The van der Waals surface area contributed by atoms with Crippen molar-refractivity contribution in [1.82, 2.24) is 10.2 Å². The molecule has 1 fully saturated rings. The van der Waals surface area contributed by atoms with E-state index in [2.05, 4.69) is 22.5 Å². The van der Waals surface area contributed by atoms with E-state index in [4.69, 9.17) is 0 Å². The third-order valence-electron chi connectivity index (χ3n) is 3.75. The fraction of sp³-hybridized carbons (Fsp3) is 0.562. The van der Waals surface area contributed by atoms with E-state index in [0.29, 0.717) is 5.69 Å². The van der Waals surface area contributed by atoms with Crippen LogP contribution < -0.4 is 10.6 Å². The minimum Gasteiger partial charge on any atom is -0.334 e. The molecule has 1 saturated heterocycles. The summed E-state index contributed by atoms with van der Waals surface area (Å²) in [5, 5.41) is 5.63. The Morgan fingerprint density at radius 2 is 2.14 bits per heavy atom. The zero-order chi connectivity index (χ0) is 15.2. The highest BCUT2D eigenvalue weighted by Gasteiger charge is 2.18. The summed E-state index contributed by atoms with van der Waals surface area (Å²) in [5.41, 5.74) is 0.590. The Bertz CT molecular complexity index is 463. The van der Waals surface area contributed by atoms with Crippen LogP contribution in [0.3, 0.4) is 0 Å². The number of halogens is 1. The Morgan fingerprint density at radius 1 is 1.43 bits per heavy atom. The van der Waals surface area contributed by atoms with Crippen LogP contribution in [0.2, 0.25) is 0 Å². The molecule has 0 aromatic heterocycles. The van der Waals surface area contributed by atoms with E-state index in [0.717, 1.165) is 25.6 Å². The molecule has 2 amide bonds. The Hall–Kier alpha value is -1.62. The van der Waals surface area contributed by atoms with Crippen molar-refractivity contribution in [3.8, 4) is 0 Å². The quantitative estimate of drug-likeness (QED) is 0.896. The van der Waals surface area contributed by atoms with Crippen molar-refractivity contribution < 1.29 is 9.18 Å². The van der Waals surface area contributed by atoms with Gasteiger partial charge in [-0.1, -0.05) is 6.92 Å². The molecule has 2 N–H and O–H groups in total. The molecular formula is C16H24FN3O. The Labute approximate surface area is 125 Å². The van der Waals surface area contributed by atoms with E-state index in [1.807, 2.05) is 6.92 Å². The van der Waals surface area contributed by atoms with Gasteiger partial charge in [0.15, 0.2) is 0 Å². The number of likely N-dealkylation sites (tertiary alicyclic amines) is 1. The first kappa shape index (κ1) is 15.8. The molecule has 0 bridgehead atoms. The molecule has 116 valence electrons. The summed E-state index contributed by atoms with van der Waals surface area (Å²) in [6, 6.07) is 5.58. The fourth-order valence-electron chi connectivity index (χ4n) is 2.81. The summed E-state index contributed by atoms with van der Waals surface area (Å²) in [6.07, 6.45) is 2.53. The van der Waals surface area contributed by atoms with Crippen LogP contribution in [0.4, 0.5) is 14.9 Å². The molecule has 0 spiro atoms. The summed E-state index contributed by atoms with van der Waals surface area (Å²) in [4.78, 5) is 14.3. The highest BCUT2D eigenvalue weighted by atomic mass is 19.1. The summed E-state index contributed by atoms with van der Waals surface area (Å²) in [6.45, 7) is 7.34. The number of anilines is 1. The zero-order valence-electron chi connectivity index (χ0n) is 12.7.